The van der Waals surface area contributed by atoms with Crippen LogP contribution in [0.15, 0.2) is 72.9 Å². The first kappa shape index (κ1) is 25.8. The molecule has 0 aliphatic carbocycles. The van der Waals surface area contributed by atoms with Gasteiger partial charge in [-0.25, -0.2) is 4.79 Å². The van der Waals surface area contributed by atoms with E-state index in [2.05, 4.69) is 32.8 Å². The number of aryl methyl sites for hydroxylation is 1. The molecule has 1 saturated heterocycles. The molecule has 0 amide bonds. The summed E-state index contributed by atoms with van der Waals surface area (Å²) >= 11 is 12.4. The van der Waals surface area contributed by atoms with Gasteiger partial charge in [-0.05, 0) is 86.2 Å². The zero-order chi connectivity index (χ0) is 27.0. The smallest absolute Gasteiger partial charge is 0.337 e. The topological polar surface area (TPSA) is 68.6 Å². The van der Waals surface area contributed by atoms with E-state index < -0.39 is 0 Å². The van der Waals surface area contributed by atoms with Crippen LogP contribution in [0.3, 0.4) is 0 Å². The second-order valence-electron chi connectivity index (χ2n) is 9.02. The zero-order valence-electron chi connectivity index (χ0n) is 21.4. The molecule has 1 fully saturated rings. The highest BCUT2D eigenvalue weighted by atomic mass is 35.5. The Kier molecular flexibility index (Phi) is 7.10. The number of esters is 1. The highest BCUT2D eigenvalue weighted by Crippen LogP contribution is 2.45. The standard InChI is InChI=1S/C29H27ClN4O3S/c1-17-14-22(18(2)33(17)20-9-7-8-19(15-20)28(35)37-4)27-26(24-10-5-6-13-31-24)32-29(38)34(27)21-11-12-25(36-3)23(30)16-21/h5-16,26-27H,1-4H3,(H,32,38)/t26-,27+/m0/s1. The molecule has 194 valence electrons. The molecule has 38 heavy (non-hydrogen) atoms. The molecule has 4 aromatic rings. The highest BCUT2D eigenvalue weighted by Gasteiger charge is 2.42. The number of anilines is 1. The van der Waals surface area contributed by atoms with Crippen LogP contribution in [0, 0.1) is 13.8 Å². The summed E-state index contributed by atoms with van der Waals surface area (Å²) in [5, 5.41) is 4.56. The van der Waals surface area contributed by atoms with Gasteiger partial charge in [-0.3, -0.25) is 4.98 Å². The molecule has 9 heteroatoms. The van der Waals surface area contributed by atoms with Gasteiger partial charge in [0.05, 0.1) is 42.6 Å². The number of halogens is 1. The Hall–Kier alpha value is -3.88. The van der Waals surface area contributed by atoms with E-state index in [1.54, 1.807) is 19.4 Å². The normalized spacial score (nSPS) is 16.9. The molecule has 7 nitrogen and oxygen atoms in total. The van der Waals surface area contributed by atoms with E-state index in [0.29, 0.717) is 21.4 Å². The SMILES string of the molecule is COC(=O)c1cccc(-n2c(C)cc([C@@H]3[C@H](c4ccccn4)NC(=S)N3c3ccc(OC)c(Cl)c3)c2C)c1. The molecule has 0 radical (unpaired) electrons. The third kappa shape index (κ3) is 4.50. The number of aromatic nitrogens is 2. The fourth-order valence-corrected chi connectivity index (χ4v) is 5.73. The number of nitrogens with one attached hydrogen (secondary N) is 1. The van der Waals surface area contributed by atoms with Crippen LogP contribution in [0.1, 0.15) is 45.1 Å². The van der Waals surface area contributed by atoms with E-state index in [0.717, 1.165) is 34.0 Å². The van der Waals surface area contributed by atoms with Gasteiger partial charge in [0.1, 0.15) is 5.75 Å². The third-order valence-electron chi connectivity index (χ3n) is 6.83. The number of pyridine rings is 1. The van der Waals surface area contributed by atoms with Gasteiger partial charge in [0.25, 0.3) is 0 Å². The number of hydrogen-bond donors (Lipinski definition) is 1. The highest BCUT2D eigenvalue weighted by molar-refractivity contribution is 7.80. The lowest BCUT2D eigenvalue weighted by Gasteiger charge is -2.28. The number of carbonyl (C=O) groups is 1. The summed E-state index contributed by atoms with van der Waals surface area (Å²) in [5.74, 6) is 0.215. The fourth-order valence-electron chi connectivity index (χ4n) is 5.13. The lowest BCUT2D eigenvalue weighted by atomic mass is 9.96. The van der Waals surface area contributed by atoms with Crippen molar-refractivity contribution in [3.63, 3.8) is 0 Å². The van der Waals surface area contributed by atoms with Crippen molar-refractivity contribution in [2.24, 2.45) is 0 Å². The van der Waals surface area contributed by atoms with Crippen molar-refractivity contribution in [3.05, 3.63) is 106 Å². The molecule has 1 N–H and O–H groups in total. The van der Waals surface area contributed by atoms with Crippen molar-refractivity contribution < 1.29 is 14.3 Å². The van der Waals surface area contributed by atoms with Crippen molar-refractivity contribution >= 4 is 40.6 Å². The lowest BCUT2D eigenvalue weighted by Crippen LogP contribution is -2.29. The quantitative estimate of drug-likeness (QED) is 0.231. The van der Waals surface area contributed by atoms with Gasteiger partial charge in [-0.1, -0.05) is 23.7 Å². The van der Waals surface area contributed by atoms with Crippen molar-refractivity contribution in [1.82, 2.24) is 14.9 Å². The summed E-state index contributed by atoms with van der Waals surface area (Å²) in [5.41, 5.74) is 6.19. The molecule has 0 saturated carbocycles. The summed E-state index contributed by atoms with van der Waals surface area (Å²) in [4.78, 5) is 18.9. The summed E-state index contributed by atoms with van der Waals surface area (Å²) in [6, 6.07) is 20.7. The number of benzene rings is 2. The first-order chi connectivity index (χ1) is 18.3. The minimum Gasteiger partial charge on any atom is -0.495 e. The Labute approximate surface area is 232 Å². The second-order valence-corrected chi connectivity index (χ2v) is 9.81. The maximum Gasteiger partial charge on any atom is 0.337 e. The van der Waals surface area contributed by atoms with Gasteiger partial charge in [-0.15, -0.1) is 0 Å². The van der Waals surface area contributed by atoms with E-state index >= 15 is 0 Å². The van der Waals surface area contributed by atoms with Gasteiger partial charge in [0.2, 0.25) is 0 Å². The summed E-state index contributed by atoms with van der Waals surface area (Å²) < 4.78 is 12.4. The van der Waals surface area contributed by atoms with Crippen LogP contribution in [0.5, 0.6) is 5.75 Å². The molecule has 1 aliphatic heterocycles. The lowest BCUT2D eigenvalue weighted by molar-refractivity contribution is 0.0600. The maximum atomic E-state index is 12.2. The maximum absolute atomic E-state index is 12.2. The van der Waals surface area contributed by atoms with Crippen molar-refractivity contribution in [2.75, 3.05) is 19.1 Å². The van der Waals surface area contributed by atoms with E-state index in [1.165, 1.54) is 7.11 Å². The number of methoxy groups -OCH3 is 2. The molecule has 2 aromatic carbocycles. The molecule has 2 atom stereocenters. The van der Waals surface area contributed by atoms with Gasteiger partial charge in [-0.2, -0.15) is 0 Å². The average molecular weight is 547 g/mol. The Morgan fingerprint density at radius 2 is 1.84 bits per heavy atom. The van der Waals surface area contributed by atoms with Crippen LogP contribution < -0.4 is 15.0 Å². The van der Waals surface area contributed by atoms with Crippen LogP contribution in [0.25, 0.3) is 5.69 Å². The fraction of sp³-hybridized carbons (Fsp3) is 0.207. The van der Waals surface area contributed by atoms with Gasteiger partial charge >= 0.3 is 5.97 Å². The summed E-state index contributed by atoms with van der Waals surface area (Å²) in [6.07, 6.45) is 1.78. The third-order valence-corrected chi connectivity index (χ3v) is 7.44. The Bertz CT molecular complexity index is 1520. The van der Waals surface area contributed by atoms with E-state index in [9.17, 15) is 4.79 Å². The predicted molar refractivity (Wildman–Crippen MR) is 153 cm³/mol. The van der Waals surface area contributed by atoms with Gasteiger partial charge in [0, 0.05) is 29.0 Å². The first-order valence-electron chi connectivity index (χ1n) is 12.1. The molecule has 1 aliphatic rings. The Morgan fingerprint density at radius 1 is 1.03 bits per heavy atom. The number of carbonyl (C=O) groups excluding carboxylic acids is 1. The number of hydrogen-bond acceptors (Lipinski definition) is 5. The zero-order valence-corrected chi connectivity index (χ0v) is 23.0. The van der Waals surface area contributed by atoms with Crippen LogP contribution in [0.4, 0.5) is 5.69 Å². The largest absolute Gasteiger partial charge is 0.495 e. The van der Waals surface area contributed by atoms with Crippen LogP contribution in [-0.2, 0) is 4.74 Å². The van der Waals surface area contributed by atoms with Crippen LogP contribution in [0.2, 0.25) is 5.02 Å². The molecular weight excluding hydrogens is 520 g/mol. The predicted octanol–water partition coefficient (Wildman–Crippen LogP) is 6.11. The molecule has 3 heterocycles. The Balaban J connectivity index is 1.66. The number of ether oxygens (including phenoxy) is 2. The van der Waals surface area contributed by atoms with E-state index in [-0.39, 0.29) is 18.1 Å². The summed E-state index contributed by atoms with van der Waals surface area (Å²) in [6.45, 7) is 4.12. The van der Waals surface area contributed by atoms with E-state index in [4.69, 9.17) is 33.3 Å². The number of nitrogens with zero attached hydrogens (tertiary/aromatic N) is 3. The molecule has 2 aromatic heterocycles. The second kappa shape index (κ2) is 10.5. The minimum absolute atomic E-state index is 0.208. The summed E-state index contributed by atoms with van der Waals surface area (Å²) in [7, 11) is 2.97. The molecular formula is C29H27ClN4O3S. The first-order valence-corrected chi connectivity index (χ1v) is 12.8. The molecule has 5 rings (SSSR count). The van der Waals surface area contributed by atoms with Crippen molar-refractivity contribution in [3.8, 4) is 11.4 Å². The monoisotopic (exact) mass is 546 g/mol. The van der Waals surface area contributed by atoms with Gasteiger partial charge < -0.3 is 24.3 Å². The number of thiocarbonyl (C=S) groups is 1. The van der Waals surface area contributed by atoms with Crippen molar-refractivity contribution in [1.29, 1.82) is 0 Å². The van der Waals surface area contributed by atoms with Crippen LogP contribution >= 0.6 is 23.8 Å². The number of rotatable bonds is 6. The molecule has 0 spiro atoms. The average Bonchev–Trinajstić information content (AvgIpc) is 3.43. The molecule has 0 unspecified atom stereocenters. The van der Waals surface area contributed by atoms with Gasteiger partial charge in [0.15, 0.2) is 5.11 Å². The van der Waals surface area contributed by atoms with Crippen LogP contribution in [-0.4, -0.2) is 34.9 Å². The Morgan fingerprint density at radius 3 is 2.53 bits per heavy atom. The van der Waals surface area contributed by atoms with E-state index in [1.807, 2.05) is 61.5 Å². The minimum atomic E-state index is -0.377. The van der Waals surface area contributed by atoms with Crippen molar-refractivity contribution in [2.45, 2.75) is 25.9 Å². The molecule has 0 bridgehead atoms.